The van der Waals surface area contributed by atoms with Crippen molar-refractivity contribution >= 4 is 5.91 Å². The maximum absolute atomic E-state index is 12.5. The number of carbonyl (C=O) groups excluding carboxylic acids is 1. The third-order valence-corrected chi connectivity index (χ3v) is 4.26. The standard InChI is InChI=1S/C14H26N2O/c1-11-8-13(10-15-9-11)14(17)16-7-5-3-4-6-12(16)2/h11-13,15H,3-10H2,1-2H3. The number of hydrogen-bond acceptors (Lipinski definition) is 2. The molecule has 2 saturated heterocycles. The maximum Gasteiger partial charge on any atom is 0.227 e. The number of likely N-dealkylation sites (tertiary alicyclic amines) is 1. The predicted molar refractivity (Wildman–Crippen MR) is 69.8 cm³/mol. The maximum atomic E-state index is 12.5. The van der Waals surface area contributed by atoms with Gasteiger partial charge < -0.3 is 10.2 Å². The lowest BCUT2D eigenvalue weighted by Gasteiger charge is -2.34. The average Bonchev–Trinajstić information content (AvgIpc) is 2.53. The van der Waals surface area contributed by atoms with Crippen molar-refractivity contribution in [2.75, 3.05) is 19.6 Å². The molecular formula is C14H26N2O. The van der Waals surface area contributed by atoms with E-state index in [0.717, 1.165) is 26.1 Å². The summed E-state index contributed by atoms with van der Waals surface area (Å²) in [4.78, 5) is 14.7. The molecule has 2 aliphatic rings. The van der Waals surface area contributed by atoms with Gasteiger partial charge in [0, 0.05) is 19.1 Å². The molecule has 0 aromatic heterocycles. The van der Waals surface area contributed by atoms with Crippen molar-refractivity contribution in [1.82, 2.24) is 10.2 Å². The monoisotopic (exact) mass is 238 g/mol. The van der Waals surface area contributed by atoms with E-state index in [0.29, 0.717) is 17.9 Å². The summed E-state index contributed by atoms with van der Waals surface area (Å²) in [6.45, 7) is 7.37. The Morgan fingerprint density at radius 1 is 1.18 bits per heavy atom. The highest BCUT2D eigenvalue weighted by molar-refractivity contribution is 5.79. The minimum atomic E-state index is 0.222. The van der Waals surface area contributed by atoms with E-state index in [1.165, 1.54) is 25.7 Å². The van der Waals surface area contributed by atoms with Gasteiger partial charge in [0.25, 0.3) is 0 Å². The molecular weight excluding hydrogens is 212 g/mol. The van der Waals surface area contributed by atoms with E-state index in [4.69, 9.17) is 0 Å². The van der Waals surface area contributed by atoms with Crippen LogP contribution in [0.15, 0.2) is 0 Å². The van der Waals surface area contributed by atoms with Gasteiger partial charge in [0.15, 0.2) is 0 Å². The van der Waals surface area contributed by atoms with Gasteiger partial charge in [-0.15, -0.1) is 0 Å². The quantitative estimate of drug-likeness (QED) is 0.758. The van der Waals surface area contributed by atoms with Crippen molar-refractivity contribution in [2.45, 2.75) is 52.0 Å². The number of nitrogens with one attached hydrogen (secondary N) is 1. The molecule has 2 fully saturated rings. The zero-order valence-electron chi connectivity index (χ0n) is 11.2. The van der Waals surface area contributed by atoms with E-state index in [1.54, 1.807) is 0 Å². The zero-order chi connectivity index (χ0) is 12.3. The summed E-state index contributed by atoms with van der Waals surface area (Å²) in [5.74, 6) is 1.26. The second-order valence-corrected chi connectivity index (χ2v) is 5.93. The van der Waals surface area contributed by atoms with Crippen LogP contribution in [0.5, 0.6) is 0 Å². The molecule has 0 radical (unpaired) electrons. The molecule has 0 bridgehead atoms. The van der Waals surface area contributed by atoms with Crippen LogP contribution in [0, 0.1) is 11.8 Å². The van der Waals surface area contributed by atoms with Crippen LogP contribution in [0.25, 0.3) is 0 Å². The second-order valence-electron chi connectivity index (χ2n) is 5.93. The van der Waals surface area contributed by atoms with Crippen LogP contribution in [0.1, 0.15) is 46.0 Å². The van der Waals surface area contributed by atoms with Crippen molar-refractivity contribution in [3.8, 4) is 0 Å². The van der Waals surface area contributed by atoms with E-state index in [9.17, 15) is 4.79 Å². The Morgan fingerprint density at radius 3 is 2.76 bits per heavy atom. The smallest absolute Gasteiger partial charge is 0.227 e. The van der Waals surface area contributed by atoms with Gasteiger partial charge in [0.1, 0.15) is 0 Å². The molecule has 0 aliphatic carbocycles. The molecule has 3 unspecified atom stereocenters. The Balaban J connectivity index is 1.97. The van der Waals surface area contributed by atoms with Crippen molar-refractivity contribution < 1.29 is 4.79 Å². The van der Waals surface area contributed by atoms with Crippen LogP contribution in [0.3, 0.4) is 0 Å². The summed E-state index contributed by atoms with van der Waals surface area (Å²) >= 11 is 0. The fraction of sp³-hybridized carbons (Fsp3) is 0.929. The lowest BCUT2D eigenvalue weighted by Crippen LogP contribution is -2.48. The van der Waals surface area contributed by atoms with Crippen molar-refractivity contribution in [1.29, 1.82) is 0 Å². The molecule has 1 amide bonds. The molecule has 98 valence electrons. The van der Waals surface area contributed by atoms with E-state index >= 15 is 0 Å². The summed E-state index contributed by atoms with van der Waals surface area (Å²) in [5.41, 5.74) is 0. The van der Waals surface area contributed by atoms with Gasteiger partial charge in [-0.25, -0.2) is 0 Å². The largest absolute Gasteiger partial charge is 0.340 e. The van der Waals surface area contributed by atoms with Crippen molar-refractivity contribution in [2.24, 2.45) is 11.8 Å². The number of nitrogens with zero attached hydrogens (tertiary/aromatic N) is 1. The molecule has 2 heterocycles. The van der Waals surface area contributed by atoms with E-state index in [1.807, 2.05) is 0 Å². The van der Waals surface area contributed by atoms with Gasteiger partial charge in [-0.05, 0) is 38.6 Å². The lowest BCUT2D eigenvalue weighted by atomic mass is 9.90. The molecule has 0 aromatic carbocycles. The summed E-state index contributed by atoms with van der Waals surface area (Å²) in [6.07, 6.45) is 6.00. The number of rotatable bonds is 1. The normalized spacial score (nSPS) is 35.4. The first-order valence-corrected chi connectivity index (χ1v) is 7.19. The average molecular weight is 238 g/mol. The summed E-state index contributed by atoms with van der Waals surface area (Å²) in [5, 5.41) is 3.39. The topological polar surface area (TPSA) is 32.3 Å². The molecule has 0 aromatic rings. The van der Waals surface area contributed by atoms with Crippen LogP contribution in [0.2, 0.25) is 0 Å². The SMILES string of the molecule is CC1CNCC(C(=O)N2CCCCCC2C)C1. The van der Waals surface area contributed by atoms with Crippen LogP contribution in [-0.4, -0.2) is 36.5 Å². The Morgan fingerprint density at radius 2 is 2.00 bits per heavy atom. The molecule has 17 heavy (non-hydrogen) atoms. The van der Waals surface area contributed by atoms with E-state index in [-0.39, 0.29) is 5.92 Å². The van der Waals surface area contributed by atoms with Crippen molar-refractivity contribution in [3.63, 3.8) is 0 Å². The third-order valence-electron chi connectivity index (χ3n) is 4.26. The number of hydrogen-bond donors (Lipinski definition) is 1. The first-order valence-electron chi connectivity index (χ1n) is 7.19. The van der Waals surface area contributed by atoms with Gasteiger partial charge in [-0.1, -0.05) is 19.8 Å². The summed E-state index contributed by atoms with van der Waals surface area (Å²) in [7, 11) is 0. The minimum absolute atomic E-state index is 0.222. The van der Waals surface area contributed by atoms with Gasteiger partial charge in [-0.2, -0.15) is 0 Å². The van der Waals surface area contributed by atoms with Gasteiger partial charge in [0.2, 0.25) is 5.91 Å². The zero-order valence-corrected chi connectivity index (χ0v) is 11.2. The van der Waals surface area contributed by atoms with Gasteiger partial charge in [0.05, 0.1) is 5.92 Å². The fourth-order valence-corrected chi connectivity index (χ4v) is 3.18. The first kappa shape index (κ1) is 12.9. The van der Waals surface area contributed by atoms with Gasteiger partial charge in [-0.3, -0.25) is 4.79 Å². The summed E-state index contributed by atoms with van der Waals surface area (Å²) < 4.78 is 0. The minimum Gasteiger partial charge on any atom is -0.340 e. The molecule has 2 aliphatic heterocycles. The van der Waals surface area contributed by atoms with Crippen molar-refractivity contribution in [3.05, 3.63) is 0 Å². The Kier molecular flexibility index (Phi) is 4.43. The fourth-order valence-electron chi connectivity index (χ4n) is 3.18. The van der Waals surface area contributed by atoms with Crippen LogP contribution in [-0.2, 0) is 4.79 Å². The van der Waals surface area contributed by atoms with Crippen LogP contribution >= 0.6 is 0 Å². The molecule has 1 N–H and O–H groups in total. The molecule has 3 nitrogen and oxygen atoms in total. The molecule has 3 atom stereocenters. The second kappa shape index (κ2) is 5.85. The summed E-state index contributed by atoms with van der Waals surface area (Å²) in [6, 6.07) is 0.447. The molecule has 0 saturated carbocycles. The predicted octanol–water partition coefficient (Wildman–Crippen LogP) is 2.02. The Hall–Kier alpha value is -0.570. The van der Waals surface area contributed by atoms with E-state index in [2.05, 4.69) is 24.1 Å². The highest BCUT2D eigenvalue weighted by atomic mass is 16.2. The molecule has 0 spiro atoms. The Labute approximate surface area is 105 Å². The van der Waals surface area contributed by atoms with Crippen LogP contribution < -0.4 is 5.32 Å². The third kappa shape index (κ3) is 3.21. The Bertz CT molecular complexity index is 267. The number of carbonyl (C=O) groups is 1. The number of piperidine rings is 1. The van der Waals surface area contributed by atoms with Gasteiger partial charge >= 0.3 is 0 Å². The molecule has 2 rings (SSSR count). The van der Waals surface area contributed by atoms with Crippen LogP contribution in [0.4, 0.5) is 0 Å². The molecule has 3 heteroatoms. The van der Waals surface area contributed by atoms with E-state index < -0.39 is 0 Å². The first-order chi connectivity index (χ1) is 8.18. The lowest BCUT2D eigenvalue weighted by molar-refractivity contribution is -0.138. The highest BCUT2D eigenvalue weighted by Gasteiger charge is 2.31. The number of amides is 1. The highest BCUT2D eigenvalue weighted by Crippen LogP contribution is 2.23.